The average Bonchev–Trinajstić information content (AvgIpc) is 2.45. The van der Waals surface area contributed by atoms with Crippen molar-refractivity contribution in [3.63, 3.8) is 0 Å². The fourth-order valence-electron chi connectivity index (χ4n) is 1.49. The molecule has 0 radical (unpaired) electrons. The minimum absolute atomic E-state index is 0.0355. The zero-order valence-electron chi connectivity index (χ0n) is 11.8. The lowest BCUT2D eigenvalue weighted by Gasteiger charge is -2.17. The molecule has 0 amide bonds. The van der Waals surface area contributed by atoms with Crippen LogP contribution in [0.3, 0.4) is 0 Å². The molecule has 0 saturated carbocycles. The predicted molar refractivity (Wildman–Crippen MR) is 72.7 cm³/mol. The molecule has 0 aromatic heterocycles. The number of benzene rings is 1. The maximum Gasteiger partial charge on any atom is 0.197 e. The summed E-state index contributed by atoms with van der Waals surface area (Å²) in [5.41, 5.74) is 0. The van der Waals surface area contributed by atoms with E-state index in [4.69, 9.17) is 29.2 Å². The predicted octanol–water partition coefficient (Wildman–Crippen LogP) is 1.15. The van der Waals surface area contributed by atoms with E-state index in [9.17, 15) is 0 Å². The highest BCUT2D eigenvalue weighted by Gasteiger charge is 2.06. The maximum absolute atomic E-state index is 8.64. The molecule has 114 valence electrons. The van der Waals surface area contributed by atoms with Crippen molar-refractivity contribution in [3.8, 4) is 11.5 Å². The lowest BCUT2D eigenvalue weighted by atomic mass is 10.3. The van der Waals surface area contributed by atoms with Gasteiger partial charge in [0.05, 0.1) is 26.4 Å². The van der Waals surface area contributed by atoms with Crippen LogP contribution in [0.4, 0.5) is 0 Å². The van der Waals surface area contributed by atoms with Crippen molar-refractivity contribution in [2.45, 2.75) is 26.4 Å². The summed E-state index contributed by atoms with van der Waals surface area (Å²) in [6.45, 7) is 3.91. The first-order chi connectivity index (χ1) is 9.65. The molecule has 1 rings (SSSR count). The smallest absolute Gasteiger partial charge is 0.197 e. The first kappa shape index (κ1) is 16.7. The van der Waals surface area contributed by atoms with Crippen LogP contribution in [0.1, 0.15) is 13.8 Å². The number of hydrogen-bond donors (Lipinski definition) is 2. The second kappa shape index (κ2) is 9.55. The number of aliphatic hydroxyl groups is 2. The van der Waals surface area contributed by atoms with Crippen molar-refractivity contribution < 1.29 is 29.2 Å². The molecule has 0 saturated heterocycles. The van der Waals surface area contributed by atoms with Gasteiger partial charge in [0.1, 0.15) is 11.5 Å². The lowest BCUT2D eigenvalue weighted by Crippen LogP contribution is -2.19. The molecule has 6 heteroatoms. The standard InChI is InChI=1S/C14H22O6/c1-11(17-9-7-15)19-13-3-5-14(6-4-13)20-12(2)18-10-8-16/h3-6,11-12,15-16H,7-10H2,1-2H3. The van der Waals surface area contributed by atoms with Crippen molar-refractivity contribution in [1.29, 1.82) is 0 Å². The van der Waals surface area contributed by atoms with Crippen LogP contribution in [0, 0.1) is 0 Å². The average molecular weight is 286 g/mol. The van der Waals surface area contributed by atoms with Gasteiger partial charge in [-0.05, 0) is 38.1 Å². The number of rotatable bonds is 10. The Hall–Kier alpha value is -1.34. The minimum atomic E-state index is -0.430. The molecule has 0 bridgehead atoms. The van der Waals surface area contributed by atoms with Gasteiger partial charge in [-0.25, -0.2) is 0 Å². The van der Waals surface area contributed by atoms with E-state index in [0.717, 1.165) is 0 Å². The summed E-state index contributed by atoms with van der Waals surface area (Å²) < 4.78 is 21.4. The highest BCUT2D eigenvalue weighted by molar-refractivity contribution is 5.31. The fourth-order valence-corrected chi connectivity index (χ4v) is 1.49. The first-order valence-corrected chi connectivity index (χ1v) is 6.54. The third kappa shape index (κ3) is 6.72. The van der Waals surface area contributed by atoms with Crippen molar-refractivity contribution in [2.24, 2.45) is 0 Å². The van der Waals surface area contributed by atoms with Crippen LogP contribution in [0.5, 0.6) is 11.5 Å². The molecule has 1 aromatic rings. The molecule has 0 aliphatic heterocycles. The largest absolute Gasteiger partial charge is 0.465 e. The molecule has 2 unspecified atom stereocenters. The van der Waals surface area contributed by atoms with Gasteiger partial charge in [0.2, 0.25) is 0 Å². The summed E-state index contributed by atoms with van der Waals surface area (Å²) in [5.74, 6) is 1.29. The number of ether oxygens (including phenoxy) is 4. The van der Waals surface area contributed by atoms with Gasteiger partial charge in [-0.2, -0.15) is 0 Å². The van der Waals surface area contributed by atoms with E-state index < -0.39 is 12.6 Å². The monoisotopic (exact) mass is 286 g/mol. The number of aliphatic hydroxyl groups excluding tert-OH is 2. The summed E-state index contributed by atoms with van der Waals surface area (Å²) >= 11 is 0. The van der Waals surface area contributed by atoms with Crippen molar-refractivity contribution >= 4 is 0 Å². The summed E-state index contributed by atoms with van der Waals surface area (Å²) in [6, 6.07) is 7.03. The van der Waals surface area contributed by atoms with Gasteiger partial charge in [-0.3, -0.25) is 0 Å². The van der Waals surface area contributed by atoms with Gasteiger partial charge < -0.3 is 29.2 Å². The van der Waals surface area contributed by atoms with Gasteiger partial charge in [0, 0.05) is 0 Å². The van der Waals surface area contributed by atoms with Crippen LogP contribution >= 0.6 is 0 Å². The Bertz CT molecular complexity index is 318. The fraction of sp³-hybridized carbons (Fsp3) is 0.571. The highest BCUT2D eigenvalue weighted by Crippen LogP contribution is 2.20. The Labute approximate surface area is 118 Å². The molecule has 0 fully saturated rings. The Morgan fingerprint density at radius 3 is 1.45 bits per heavy atom. The summed E-state index contributed by atoms with van der Waals surface area (Å²) in [4.78, 5) is 0. The quantitative estimate of drug-likeness (QED) is 0.628. The van der Waals surface area contributed by atoms with Crippen LogP contribution in [-0.2, 0) is 9.47 Å². The van der Waals surface area contributed by atoms with E-state index in [0.29, 0.717) is 11.5 Å². The Morgan fingerprint density at radius 2 is 1.15 bits per heavy atom. The van der Waals surface area contributed by atoms with Gasteiger partial charge in [-0.1, -0.05) is 0 Å². The maximum atomic E-state index is 8.64. The van der Waals surface area contributed by atoms with E-state index in [1.54, 1.807) is 38.1 Å². The van der Waals surface area contributed by atoms with Crippen molar-refractivity contribution in [2.75, 3.05) is 26.4 Å². The van der Waals surface area contributed by atoms with E-state index in [2.05, 4.69) is 0 Å². The molecular formula is C14H22O6. The van der Waals surface area contributed by atoms with Crippen LogP contribution in [0.25, 0.3) is 0 Å². The van der Waals surface area contributed by atoms with E-state index in [1.807, 2.05) is 0 Å². The molecule has 1 aromatic carbocycles. The third-order valence-corrected chi connectivity index (χ3v) is 2.32. The molecule has 2 N–H and O–H groups in total. The van der Waals surface area contributed by atoms with Gasteiger partial charge in [0.25, 0.3) is 0 Å². The third-order valence-electron chi connectivity index (χ3n) is 2.32. The van der Waals surface area contributed by atoms with Crippen LogP contribution in [0.2, 0.25) is 0 Å². The van der Waals surface area contributed by atoms with Gasteiger partial charge in [-0.15, -0.1) is 0 Å². The molecule has 20 heavy (non-hydrogen) atoms. The van der Waals surface area contributed by atoms with E-state index in [-0.39, 0.29) is 26.4 Å². The zero-order chi connectivity index (χ0) is 14.8. The summed E-state index contributed by atoms with van der Waals surface area (Å²) in [6.07, 6.45) is -0.860. The zero-order valence-corrected chi connectivity index (χ0v) is 11.8. The normalized spacial score (nSPS) is 13.8. The molecule has 0 aliphatic rings. The van der Waals surface area contributed by atoms with E-state index in [1.165, 1.54) is 0 Å². The lowest BCUT2D eigenvalue weighted by molar-refractivity contribution is -0.0779. The van der Waals surface area contributed by atoms with Gasteiger partial charge in [0.15, 0.2) is 12.6 Å². The van der Waals surface area contributed by atoms with Crippen molar-refractivity contribution in [3.05, 3.63) is 24.3 Å². The van der Waals surface area contributed by atoms with Crippen LogP contribution in [-0.4, -0.2) is 49.2 Å². The summed E-state index contributed by atoms with van der Waals surface area (Å²) in [7, 11) is 0. The molecule has 2 atom stereocenters. The topological polar surface area (TPSA) is 77.4 Å². The minimum Gasteiger partial charge on any atom is -0.465 e. The Morgan fingerprint density at radius 1 is 0.800 bits per heavy atom. The van der Waals surface area contributed by atoms with Crippen LogP contribution in [0.15, 0.2) is 24.3 Å². The molecular weight excluding hydrogens is 264 g/mol. The number of hydrogen-bond acceptors (Lipinski definition) is 6. The molecule has 6 nitrogen and oxygen atoms in total. The highest BCUT2D eigenvalue weighted by atomic mass is 16.7. The SMILES string of the molecule is CC(OCCO)Oc1ccc(OC(C)OCCO)cc1. The van der Waals surface area contributed by atoms with Crippen molar-refractivity contribution in [1.82, 2.24) is 0 Å². The van der Waals surface area contributed by atoms with E-state index >= 15 is 0 Å². The Kier molecular flexibility index (Phi) is 7.98. The second-order valence-corrected chi connectivity index (χ2v) is 4.03. The summed E-state index contributed by atoms with van der Waals surface area (Å²) in [5, 5.41) is 17.3. The molecule has 0 spiro atoms. The van der Waals surface area contributed by atoms with Gasteiger partial charge >= 0.3 is 0 Å². The first-order valence-electron chi connectivity index (χ1n) is 6.54. The Balaban J connectivity index is 2.39. The van der Waals surface area contributed by atoms with Crippen LogP contribution < -0.4 is 9.47 Å². The molecule has 0 heterocycles. The molecule has 0 aliphatic carbocycles. The second-order valence-electron chi connectivity index (χ2n) is 4.03.